The van der Waals surface area contributed by atoms with Crippen LogP contribution >= 0.6 is 0 Å². The summed E-state index contributed by atoms with van der Waals surface area (Å²) in [6, 6.07) is 5.88. The Kier molecular flexibility index (Phi) is 2.75. The Morgan fingerprint density at radius 1 is 1.36 bits per heavy atom. The van der Waals surface area contributed by atoms with Crippen LogP contribution in [0, 0.1) is 5.92 Å². The van der Waals surface area contributed by atoms with Crippen LogP contribution in [-0.2, 0) is 0 Å². The molecule has 2 heteroatoms. The number of aromatic nitrogens is 1. The molecule has 2 rings (SSSR count). The maximum atomic E-state index is 6.12. The van der Waals surface area contributed by atoms with Crippen LogP contribution in [0.25, 0.3) is 0 Å². The molecule has 0 aromatic carbocycles. The lowest BCUT2D eigenvalue weighted by atomic mass is 9.91. The number of nitrogens with zero attached hydrogens (tertiary/aromatic N) is 1. The first-order valence-electron chi connectivity index (χ1n) is 4.88. The van der Waals surface area contributed by atoms with Crippen LogP contribution in [-0.4, -0.2) is 4.98 Å². The maximum Gasteiger partial charge on any atom is 0.0577 e. The van der Waals surface area contributed by atoms with Gasteiger partial charge in [-0.25, -0.2) is 0 Å². The fourth-order valence-corrected chi connectivity index (χ4v) is 1.66. The van der Waals surface area contributed by atoms with Crippen LogP contribution in [0.1, 0.15) is 18.2 Å². The molecule has 2 N–H and O–H groups in total. The lowest BCUT2D eigenvalue weighted by Crippen LogP contribution is -2.21. The Morgan fingerprint density at radius 2 is 2.29 bits per heavy atom. The van der Waals surface area contributed by atoms with Crippen molar-refractivity contribution < 1.29 is 0 Å². The molecule has 0 amide bonds. The quantitative estimate of drug-likeness (QED) is 0.769. The van der Waals surface area contributed by atoms with Gasteiger partial charge < -0.3 is 5.73 Å². The van der Waals surface area contributed by atoms with Gasteiger partial charge in [-0.1, -0.05) is 30.4 Å². The van der Waals surface area contributed by atoms with Gasteiger partial charge in [-0.05, 0) is 18.6 Å². The number of nitrogens with two attached hydrogens (primary N) is 1. The fraction of sp³-hybridized carbons (Fsp3) is 0.250. The van der Waals surface area contributed by atoms with E-state index in [0.29, 0.717) is 5.92 Å². The van der Waals surface area contributed by atoms with Crippen molar-refractivity contribution >= 4 is 0 Å². The molecule has 0 spiro atoms. The maximum absolute atomic E-state index is 6.12. The fourth-order valence-electron chi connectivity index (χ4n) is 1.66. The molecule has 1 aliphatic rings. The number of rotatable bonds is 2. The molecule has 72 valence electrons. The van der Waals surface area contributed by atoms with Gasteiger partial charge in [0, 0.05) is 12.1 Å². The third kappa shape index (κ3) is 1.91. The molecule has 2 atom stereocenters. The SMILES string of the molecule is NC(c1ccccn1)C1C=CC=CC1. The summed E-state index contributed by atoms with van der Waals surface area (Å²) >= 11 is 0. The van der Waals surface area contributed by atoms with Crippen molar-refractivity contribution in [1.29, 1.82) is 0 Å². The molecular formula is C12H14N2. The van der Waals surface area contributed by atoms with E-state index >= 15 is 0 Å². The summed E-state index contributed by atoms with van der Waals surface area (Å²) in [5, 5.41) is 0. The van der Waals surface area contributed by atoms with Crippen LogP contribution in [0.4, 0.5) is 0 Å². The predicted octanol–water partition coefficient (Wildman–Crippen LogP) is 2.21. The van der Waals surface area contributed by atoms with Crippen molar-refractivity contribution in [2.24, 2.45) is 11.7 Å². The van der Waals surface area contributed by atoms with Gasteiger partial charge in [-0.2, -0.15) is 0 Å². The summed E-state index contributed by atoms with van der Waals surface area (Å²) in [6.07, 6.45) is 11.2. The van der Waals surface area contributed by atoms with E-state index < -0.39 is 0 Å². The Morgan fingerprint density at radius 3 is 2.93 bits per heavy atom. The minimum Gasteiger partial charge on any atom is -0.322 e. The third-order valence-corrected chi connectivity index (χ3v) is 2.50. The van der Waals surface area contributed by atoms with Crippen LogP contribution in [0.3, 0.4) is 0 Å². The highest BCUT2D eigenvalue weighted by atomic mass is 14.8. The number of hydrogen-bond donors (Lipinski definition) is 1. The van der Waals surface area contributed by atoms with Gasteiger partial charge >= 0.3 is 0 Å². The molecule has 0 saturated heterocycles. The highest BCUT2D eigenvalue weighted by molar-refractivity contribution is 5.17. The lowest BCUT2D eigenvalue weighted by molar-refractivity contribution is 0.513. The Labute approximate surface area is 84.2 Å². The van der Waals surface area contributed by atoms with E-state index in [2.05, 4.69) is 29.3 Å². The number of pyridine rings is 1. The zero-order valence-electron chi connectivity index (χ0n) is 8.01. The second-order valence-electron chi connectivity index (χ2n) is 3.49. The molecule has 0 saturated carbocycles. The van der Waals surface area contributed by atoms with E-state index in [1.807, 2.05) is 18.2 Å². The van der Waals surface area contributed by atoms with Gasteiger partial charge in [0.2, 0.25) is 0 Å². The summed E-state index contributed by atoms with van der Waals surface area (Å²) < 4.78 is 0. The highest BCUT2D eigenvalue weighted by Crippen LogP contribution is 2.24. The van der Waals surface area contributed by atoms with Gasteiger partial charge in [-0.15, -0.1) is 0 Å². The predicted molar refractivity (Wildman–Crippen MR) is 57.6 cm³/mol. The van der Waals surface area contributed by atoms with Gasteiger partial charge in [-0.3, -0.25) is 4.98 Å². The molecular weight excluding hydrogens is 172 g/mol. The van der Waals surface area contributed by atoms with E-state index in [9.17, 15) is 0 Å². The average molecular weight is 186 g/mol. The van der Waals surface area contributed by atoms with Crippen LogP contribution in [0.15, 0.2) is 48.7 Å². The largest absolute Gasteiger partial charge is 0.322 e. The van der Waals surface area contributed by atoms with Crippen LogP contribution in [0.2, 0.25) is 0 Å². The van der Waals surface area contributed by atoms with Gasteiger partial charge in [0.25, 0.3) is 0 Å². The Hall–Kier alpha value is -1.41. The zero-order valence-corrected chi connectivity index (χ0v) is 8.01. The van der Waals surface area contributed by atoms with Crippen molar-refractivity contribution in [2.75, 3.05) is 0 Å². The minimum atomic E-state index is 0.0115. The second kappa shape index (κ2) is 4.20. The minimum absolute atomic E-state index is 0.0115. The van der Waals surface area contributed by atoms with Crippen molar-refractivity contribution in [1.82, 2.24) is 4.98 Å². The van der Waals surface area contributed by atoms with Crippen molar-refractivity contribution in [3.63, 3.8) is 0 Å². The van der Waals surface area contributed by atoms with Gasteiger partial charge in [0.1, 0.15) is 0 Å². The Bertz CT molecular complexity index is 341. The monoisotopic (exact) mass is 186 g/mol. The molecule has 1 aromatic heterocycles. The summed E-state index contributed by atoms with van der Waals surface area (Å²) in [5.74, 6) is 0.384. The average Bonchev–Trinajstić information content (AvgIpc) is 2.30. The summed E-state index contributed by atoms with van der Waals surface area (Å²) in [6.45, 7) is 0. The van der Waals surface area contributed by atoms with E-state index in [1.54, 1.807) is 6.20 Å². The summed E-state index contributed by atoms with van der Waals surface area (Å²) in [4.78, 5) is 4.27. The Balaban J connectivity index is 2.12. The first-order valence-corrected chi connectivity index (χ1v) is 4.88. The molecule has 2 nitrogen and oxygen atoms in total. The molecule has 1 heterocycles. The standard InChI is InChI=1S/C12H14N2/c13-12(10-6-2-1-3-7-10)11-8-4-5-9-14-11/h1-6,8-10,12H,7,13H2. The third-order valence-electron chi connectivity index (χ3n) is 2.50. The topological polar surface area (TPSA) is 38.9 Å². The molecule has 1 aliphatic carbocycles. The van der Waals surface area contributed by atoms with E-state index in [4.69, 9.17) is 5.73 Å². The van der Waals surface area contributed by atoms with Gasteiger partial charge in [0.15, 0.2) is 0 Å². The smallest absolute Gasteiger partial charge is 0.0577 e. The lowest BCUT2D eigenvalue weighted by Gasteiger charge is -2.20. The number of allylic oxidation sites excluding steroid dienone is 3. The molecule has 1 aromatic rings. The van der Waals surface area contributed by atoms with Crippen LogP contribution in [0.5, 0.6) is 0 Å². The highest BCUT2D eigenvalue weighted by Gasteiger charge is 2.17. The van der Waals surface area contributed by atoms with E-state index in [-0.39, 0.29) is 6.04 Å². The van der Waals surface area contributed by atoms with E-state index in [1.165, 1.54) is 0 Å². The molecule has 0 fully saturated rings. The van der Waals surface area contributed by atoms with E-state index in [0.717, 1.165) is 12.1 Å². The molecule has 0 aliphatic heterocycles. The molecule has 2 unspecified atom stereocenters. The van der Waals surface area contributed by atoms with Crippen LogP contribution < -0.4 is 5.73 Å². The first-order chi connectivity index (χ1) is 6.88. The van der Waals surface area contributed by atoms with Gasteiger partial charge in [0.05, 0.1) is 11.7 Å². The molecule has 0 bridgehead atoms. The molecule has 0 radical (unpaired) electrons. The van der Waals surface area contributed by atoms with Crippen molar-refractivity contribution in [3.8, 4) is 0 Å². The van der Waals surface area contributed by atoms with Crippen molar-refractivity contribution in [2.45, 2.75) is 12.5 Å². The van der Waals surface area contributed by atoms with Crippen molar-refractivity contribution in [3.05, 3.63) is 54.4 Å². The number of hydrogen-bond acceptors (Lipinski definition) is 2. The first kappa shape index (κ1) is 9.16. The summed E-state index contributed by atoms with van der Waals surface area (Å²) in [5.41, 5.74) is 7.09. The summed E-state index contributed by atoms with van der Waals surface area (Å²) in [7, 11) is 0. The zero-order chi connectivity index (χ0) is 9.80. The second-order valence-corrected chi connectivity index (χ2v) is 3.49. The molecule has 14 heavy (non-hydrogen) atoms. The normalized spacial score (nSPS) is 22.2.